The molecule has 3 heterocycles. The minimum absolute atomic E-state index is 0.741. The van der Waals surface area contributed by atoms with Gasteiger partial charge >= 0.3 is 0 Å². The van der Waals surface area contributed by atoms with Gasteiger partial charge in [-0.2, -0.15) is 0 Å². The summed E-state index contributed by atoms with van der Waals surface area (Å²) in [6, 6.07) is 2.05. The summed E-state index contributed by atoms with van der Waals surface area (Å²) >= 11 is 0. The van der Waals surface area contributed by atoms with Gasteiger partial charge < -0.3 is 15.3 Å². The van der Waals surface area contributed by atoms with Gasteiger partial charge in [-0.15, -0.1) is 0 Å². The van der Waals surface area contributed by atoms with Crippen molar-refractivity contribution < 1.29 is 0 Å². The van der Waals surface area contributed by atoms with Crippen LogP contribution in [0, 0.1) is 5.92 Å². The van der Waals surface area contributed by atoms with E-state index in [1.807, 2.05) is 18.6 Å². The first kappa shape index (κ1) is 9.66. The largest absolute Gasteiger partial charge is 0.367 e. The molecule has 1 aliphatic heterocycles. The standard InChI is InChI=1S/C12H16N4/c1-3-13-6-9(1)5-12-15-8-11(16-12)10-2-4-14-7-10/h2,4,7-9,13-14H,1,3,5-6H2,(H,15,16). The Labute approximate surface area is 94.5 Å². The highest BCUT2D eigenvalue weighted by Gasteiger charge is 2.16. The molecule has 4 heteroatoms. The second kappa shape index (κ2) is 4.14. The molecule has 0 amide bonds. The third kappa shape index (κ3) is 1.88. The monoisotopic (exact) mass is 216 g/mol. The fourth-order valence-corrected chi connectivity index (χ4v) is 2.27. The summed E-state index contributed by atoms with van der Waals surface area (Å²) in [4.78, 5) is 10.9. The number of nitrogens with zero attached hydrogens (tertiary/aromatic N) is 1. The van der Waals surface area contributed by atoms with E-state index in [1.165, 1.54) is 12.0 Å². The molecule has 3 N–H and O–H groups in total. The first-order valence-corrected chi connectivity index (χ1v) is 5.79. The van der Waals surface area contributed by atoms with Crippen LogP contribution < -0.4 is 5.32 Å². The van der Waals surface area contributed by atoms with E-state index in [4.69, 9.17) is 0 Å². The number of rotatable bonds is 3. The Kier molecular flexibility index (Phi) is 2.50. The molecule has 1 atom stereocenters. The molecule has 0 radical (unpaired) electrons. The maximum Gasteiger partial charge on any atom is 0.106 e. The molecular formula is C12H16N4. The summed E-state index contributed by atoms with van der Waals surface area (Å²) in [5, 5.41) is 3.38. The molecule has 1 unspecified atom stereocenters. The van der Waals surface area contributed by atoms with E-state index in [2.05, 4.69) is 26.3 Å². The lowest BCUT2D eigenvalue weighted by Crippen LogP contribution is -2.11. The fourth-order valence-electron chi connectivity index (χ4n) is 2.27. The highest BCUT2D eigenvalue weighted by atomic mass is 14.9. The van der Waals surface area contributed by atoms with E-state index in [0.717, 1.165) is 36.9 Å². The highest BCUT2D eigenvalue weighted by molar-refractivity contribution is 5.57. The number of H-pyrrole nitrogens is 2. The minimum Gasteiger partial charge on any atom is -0.367 e. The van der Waals surface area contributed by atoms with E-state index in [0.29, 0.717) is 0 Å². The van der Waals surface area contributed by atoms with Gasteiger partial charge in [0, 0.05) is 24.4 Å². The van der Waals surface area contributed by atoms with Gasteiger partial charge in [-0.1, -0.05) is 0 Å². The molecule has 16 heavy (non-hydrogen) atoms. The number of aromatic amines is 2. The molecule has 2 aromatic heterocycles. The molecular weight excluding hydrogens is 200 g/mol. The number of hydrogen-bond donors (Lipinski definition) is 3. The number of hydrogen-bond acceptors (Lipinski definition) is 2. The Bertz CT molecular complexity index is 437. The van der Waals surface area contributed by atoms with Crippen LogP contribution in [-0.2, 0) is 6.42 Å². The van der Waals surface area contributed by atoms with Gasteiger partial charge in [-0.05, 0) is 31.5 Å². The fraction of sp³-hybridized carbons (Fsp3) is 0.417. The summed E-state index contributed by atoms with van der Waals surface area (Å²) in [5.41, 5.74) is 2.27. The normalized spacial score (nSPS) is 20.4. The summed E-state index contributed by atoms with van der Waals surface area (Å²) in [7, 11) is 0. The molecule has 2 aromatic rings. The predicted molar refractivity (Wildman–Crippen MR) is 63.1 cm³/mol. The lowest BCUT2D eigenvalue weighted by atomic mass is 10.1. The average Bonchev–Trinajstić information content (AvgIpc) is 2.99. The van der Waals surface area contributed by atoms with Gasteiger partial charge in [0.2, 0.25) is 0 Å². The summed E-state index contributed by atoms with van der Waals surface area (Å²) < 4.78 is 0. The van der Waals surface area contributed by atoms with Crippen molar-refractivity contribution in [2.75, 3.05) is 13.1 Å². The van der Waals surface area contributed by atoms with Gasteiger partial charge in [-0.3, -0.25) is 0 Å². The second-order valence-electron chi connectivity index (χ2n) is 4.41. The van der Waals surface area contributed by atoms with Crippen molar-refractivity contribution in [1.82, 2.24) is 20.3 Å². The van der Waals surface area contributed by atoms with Crippen molar-refractivity contribution in [3.63, 3.8) is 0 Å². The first-order valence-electron chi connectivity index (χ1n) is 5.79. The molecule has 0 aliphatic carbocycles. The molecule has 0 bridgehead atoms. The van der Waals surface area contributed by atoms with Crippen LogP contribution in [0.25, 0.3) is 11.3 Å². The maximum atomic E-state index is 4.44. The van der Waals surface area contributed by atoms with Crippen LogP contribution >= 0.6 is 0 Å². The van der Waals surface area contributed by atoms with Crippen LogP contribution in [0.2, 0.25) is 0 Å². The minimum atomic E-state index is 0.741. The van der Waals surface area contributed by atoms with Crippen molar-refractivity contribution in [2.24, 2.45) is 5.92 Å². The van der Waals surface area contributed by atoms with Crippen LogP contribution in [0.5, 0.6) is 0 Å². The van der Waals surface area contributed by atoms with Crippen LogP contribution in [0.3, 0.4) is 0 Å². The quantitative estimate of drug-likeness (QED) is 0.729. The van der Waals surface area contributed by atoms with Crippen molar-refractivity contribution in [2.45, 2.75) is 12.8 Å². The van der Waals surface area contributed by atoms with Gasteiger partial charge in [-0.25, -0.2) is 4.98 Å². The molecule has 1 fully saturated rings. The Morgan fingerprint density at radius 2 is 2.44 bits per heavy atom. The van der Waals surface area contributed by atoms with Gasteiger partial charge in [0.05, 0.1) is 11.9 Å². The first-order chi connectivity index (χ1) is 7.92. The molecule has 0 saturated carbocycles. The SMILES string of the molecule is c1cc(-c2cnc(CC3CCNC3)[nH]2)c[nH]1. The van der Waals surface area contributed by atoms with E-state index in [1.54, 1.807) is 0 Å². The predicted octanol–water partition coefficient (Wildman–Crippen LogP) is 1.56. The number of aromatic nitrogens is 3. The third-order valence-electron chi connectivity index (χ3n) is 3.18. The highest BCUT2D eigenvalue weighted by Crippen LogP contribution is 2.18. The summed E-state index contributed by atoms with van der Waals surface area (Å²) in [6.07, 6.45) is 8.14. The molecule has 0 aromatic carbocycles. The molecule has 1 saturated heterocycles. The summed E-state index contributed by atoms with van der Waals surface area (Å²) in [6.45, 7) is 2.27. The van der Waals surface area contributed by atoms with E-state index in [9.17, 15) is 0 Å². The zero-order valence-corrected chi connectivity index (χ0v) is 9.16. The summed E-state index contributed by atoms with van der Waals surface area (Å²) in [5.74, 6) is 1.84. The van der Waals surface area contributed by atoms with Crippen LogP contribution in [0.15, 0.2) is 24.7 Å². The Morgan fingerprint density at radius 3 is 3.19 bits per heavy atom. The third-order valence-corrected chi connectivity index (χ3v) is 3.18. The average molecular weight is 216 g/mol. The molecule has 84 valence electrons. The maximum absolute atomic E-state index is 4.44. The second-order valence-corrected chi connectivity index (χ2v) is 4.41. The Hall–Kier alpha value is -1.55. The zero-order chi connectivity index (χ0) is 10.8. The number of imidazole rings is 1. The van der Waals surface area contributed by atoms with Crippen LogP contribution in [0.1, 0.15) is 12.2 Å². The van der Waals surface area contributed by atoms with Crippen molar-refractivity contribution in [3.05, 3.63) is 30.5 Å². The van der Waals surface area contributed by atoms with Crippen molar-refractivity contribution in [3.8, 4) is 11.3 Å². The Morgan fingerprint density at radius 1 is 1.44 bits per heavy atom. The number of nitrogens with one attached hydrogen (secondary N) is 3. The van der Waals surface area contributed by atoms with Gasteiger partial charge in [0.1, 0.15) is 5.82 Å². The topological polar surface area (TPSA) is 56.5 Å². The van der Waals surface area contributed by atoms with Crippen molar-refractivity contribution >= 4 is 0 Å². The smallest absolute Gasteiger partial charge is 0.106 e. The van der Waals surface area contributed by atoms with E-state index < -0.39 is 0 Å². The van der Waals surface area contributed by atoms with E-state index in [-0.39, 0.29) is 0 Å². The van der Waals surface area contributed by atoms with Gasteiger partial charge in [0.25, 0.3) is 0 Å². The molecule has 4 nitrogen and oxygen atoms in total. The van der Waals surface area contributed by atoms with E-state index >= 15 is 0 Å². The van der Waals surface area contributed by atoms with Crippen LogP contribution in [-0.4, -0.2) is 28.0 Å². The molecule has 1 aliphatic rings. The van der Waals surface area contributed by atoms with Crippen LogP contribution in [0.4, 0.5) is 0 Å². The lowest BCUT2D eigenvalue weighted by Gasteiger charge is -2.04. The zero-order valence-electron chi connectivity index (χ0n) is 9.16. The van der Waals surface area contributed by atoms with Gasteiger partial charge in [0.15, 0.2) is 0 Å². The molecule has 0 spiro atoms. The van der Waals surface area contributed by atoms with Crippen molar-refractivity contribution in [1.29, 1.82) is 0 Å². The molecule has 3 rings (SSSR count). The lowest BCUT2D eigenvalue weighted by molar-refractivity contribution is 0.565. The Balaban J connectivity index is 1.72.